The van der Waals surface area contributed by atoms with Gasteiger partial charge in [0.2, 0.25) is 5.28 Å². The summed E-state index contributed by atoms with van der Waals surface area (Å²) >= 11 is 5.83. The van der Waals surface area contributed by atoms with E-state index >= 15 is 0 Å². The predicted octanol–water partition coefficient (Wildman–Crippen LogP) is 1.66. The topological polar surface area (TPSA) is 72.8 Å². The first-order valence-electron chi connectivity index (χ1n) is 6.49. The van der Waals surface area contributed by atoms with Crippen LogP contribution in [-0.2, 0) is 4.74 Å². The highest BCUT2D eigenvalue weighted by molar-refractivity contribution is 6.28. The minimum Gasteiger partial charge on any atom is -0.375 e. The van der Waals surface area contributed by atoms with Gasteiger partial charge in [0.05, 0.1) is 18.4 Å². The van der Waals surface area contributed by atoms with Crippen molar-refractivity contribution in [3.05, 3.63) is 22.0 Å². The molecule has 2 aliphatic heterocycles. The van der Waals surface area contributed by atoms with Crippen LogP contribution < -0.4 is 5.69 Å². The van der Waals surface area contributed by atoms with Gasteiger partial charge >= 0.3 is 5.69 Å². The molecule has 2 atom stereocenters. The van der Waals surface area contributed by atoms with Crippen LogP contribution in [0.2, 0.25) is 5.28 Å². The molecule has 0 aliphatic carbocycles. The quantitative estimate of drug-likeness (QED) is 0.806. The fraction of sp³-hybridized carbons (Fsp3) is 0.583. The first-order chi connectivity index (χ1) is 9.20. The number of ether oxygens (including phenoxy) is 1. The van der Waals surface area contributed by atoms with Crippen molar-refractivity contribution >= 4 is 22.8 Å². The number of aromatic nitrogens is 4. The van der Waals surface area contributed by atoms with Crippen molar-refractivity contribution in [1.82, 2.24) is 19.5 Å². The second-order valence-electron chi connectivity index (χ2n) is 5.26. The minimum absolute atomic E-state index is 0.137. The Morgan fingerprint density at radius 1 is 1.37 bits per heavy atom. The van der Waals surface area contributed by atoms with Crippen LogP contribution in [0.3, 0.4) is 0 Å². The average Bonchev–Trinajstić information content (AvgIpc) is 2.88. The van der Waals surface area contributed by atoms with E-state index in [4.69, 9.17) is 16.3 Å². The molecule has 2 aromatic rings. The third-order valence-corrected chi connectivity index (χ3v) is 4.24. The highest BCUT2D eigenvalue weighted by Gasteiger charge is 2.37. The molecule has 0 radical (unpaired) electrons. The van der Waals surface area contributed by atoms with Gasteiger partial charge in [0, 0.05) is 6.04 Å². The Labute approximate surface area is 113 Å². The van der Waals surface area contributed by atoms with E-state index in [1.807, 2.05) is 0 Å². The highest BCUT2D eigenvalue weighted by Crippen LogP contribution is 2.38. The Kier molecular flexibility index (Phi) is 2.43. The van der Waals surface area contributed by atoms with Gasteiger partial charge in [0.1, 0.15) is 5.52 Å². The van der Waals surface area contributed by atoms with Crippen LogP contribution in [0.25, 0.3) is 11.2 Å². The van der Waals surface area contributed by atoms with Gasteiger partial charge in [-0.1, -0.05) is 0 Å². The van der Waals surface area contributed by atoms with Gasteiger partial charge in [0.25, 0.3) is 0 Å². The second-order valence-corrected chi connectivity index (χ2v) is 5.60. The van der Waals surface area contributed by atoms with Crippen molar-refractivity contribution in [2.45, 2.75) is 43.9 Å². The Hall–Kier alpha value is -1.40. The lowest BCUT2D eigenvalue weighted by molar-refractivity contribution is -0.0157. The van der Waals surface area contributed by atoms with Crippen molar-refractivity contribution in [2.75, 3.05) is 0 Å². The average molecular weight is 281 g/mol. The molecule has 100 valence electrons. The third-order valence-electron chi connectivity index (χ3n) is 4.06. The zero-order valence-corrected chi connectivity index (χ0v) is 10.9. The van der Waals surface area contributed by atoms with Gasteiger partial charge in [0.15, 0.2) is 5.65 Å². The number of aromatic amines is 1. The van der Waals surface area contributed by atoms with Crippen LogP contribution in [-0.4, -0.2) is 31.7 Å². The molecular formula is C12H13ClN4O2. The van der Waals surface area contributed by atoms with Gasteiger partial charge in [-0.25, -0.2) is 9.78 Å². The van der Waals surface area contributed by atoms with Gasteiger partial charge < -0.3 is 9.72 Å². The Morgan fingerprint density at radius 2 is 2.11 bits per heavy atom. The standard InChI is InChI=1S/C12H13ClN4O2/c13-11-14-5-9-10(16-11)17(12(18)15-9)6-3-7-1-2-8(4-6)19-7/h5-8H,1-4H2,(H,15,18). The van der Waals surface area contributed by atoms with Crippen molar-refractivity contribution in [3.8, 4) is 0 Å². The number of imidazole rings is 1. The lowest BCUT2D eigenvalue weighted by Gasteiger charge is -2.28. The molecule has 7 heteroatoms. The summed E-state index contributed by atoms with van der Waals surface area (Å²) in [6.45, 7) is 0. The Balaban J connectivity index is 1.84. The smallest absolute Gasteiger partial charge is 0.327 e. The van der Waals surface area contributed by atoms with Crippen molar-refractivity contribution < 1.29 is 4.74 Å². The predicted molar refractivity (Wildman–Crippen MR) is 69.3 cm³/mol. The summed E-state index contributed by atoms with van der Waals surface area (Å²) in [6, 6.07) is 0.137. The largest absolute Gasteiger partial charge is 0.375 e. The molecule has 4 rings (SSSR count). The molecule has 0 amide bonds. The first kappa shape index (κ1) is 11.4. The fourth-order valence-corrected chi connectivity index (χ4v) is 3.40. The lowest BCUT2D eigenvalue weighted by Crippen LogP contribution is -2.32. The lowest BCUT2D eigenvalue weighted by atomic mass is 10.0. The molecule has 2 aromatic heterocycles. The van der Waals surface area contributed by atoms with Gasteiger partial charge in [-0.2, -0.15) is 4.98 Å². The van der Waals surface area contributed by atoms with Crippen LogP contribution >= 0.6 is 11.6 Å². The number of halogens is 1. The molecule has 6 nitrogen and oxygen atoms in total. The highest BCUT2D eigenvalue weighted by atomic mass is 35.5. The van der Waals surface area contributed by atoms with Crippen LogP contribution in [0.15, 0.2) is 11.0 Å². The zero-order valence-electron chi connectivity index (χ0n) is 10.2. The molecule has 2 unspecified atom stereocenters. The molecule has 0 aromatic carbocycles. The summed E-state index contributed by atoms with van der Waals surface area (Å²) < 4.78 is 7.54. The molecule has 19 heavy (non-hydrogen) atoms. The van der Waals surface area contributed by atoms with Crippen molar-refractivity contribution in [2.24, 2.45) is 0 Å². The first-order valence-corrected chi connectivity index (χ1v) is 6.87. The van der Waals surface area contributed by atoms with E-state index in [2.05, 4.69) is 15.0 Å². The maximum atomic E-state index is 12.1. The van der Waals surface area contributed by atoms with Crippen LogP contribution in [0.5, 0.6) is 0 Å². The zero-order chi connectivity index (χ0) is 13.0. The molecule has 0 saturated carbocycles. The number of hydrogen-bond donors (Lipinski definition) is 1. The summed E-state index contributed by atoms with van der Waals surface area (Å²) in [5, 5.41) is 0.162. The molecule has 4 heterocycles. The minimum atomic E-state index is -0.141. The van der Waals surface area contributed by atoms with Gasteiger partial charge in [-0.05, 0) is 37.3 Å². The number of fused-ring (bicyclic) bond motifs is 3. The molecule has 2 saturated heterocycles. The van der Waals surface area contributed by atoms with Crippen LogP contribution in [0.4, 0.5) is 0 Å². The van der Waals surface area contributed by atoms with E-state index in [0.29, 0.717) is 11.2 Å². The summed E-state index contributed by atoms with van der Waals surface area (Å²) in [7, 11) is 0. The fourth-order valence-electron chi connectivity index (χ4n) is 3.28. The number of rotatable bonds is 1. The van der Waals surface area contributed by atoms with Gasteiger partial charge in [-0.3, -0.25) is 4.57 Å². The monoisotopic (exact) mass is 280 g/mol. The molecule has 0 spiro atoms. The summed E-state index contributed by atoms with van der Waals surface area (Å²) in [4.78, 5) is 23.0. The van der Waals surface area contributed by atoms with E-state index in [1.165, 1.54) is 0 Å². The Bertz CT molecular complexity index is 683. The number of hydrogen-bond acceptors (Lipinski definition) is 4. The molecule has 2 aliphatic rings. The summed E-state index contributed by atoms with van der Waals surface area (Å²) in [5.41, 5.74) is 1.09. The maximum Gasteiger partial charge on any atom is 0.327 e. The molecular weight excluding hydrogens is 268 g/mol. The number of nitrogens with zero attached hydrogens (tertiary/aromatic N) is 3. The maximum absolute atomic E-state index is 12.1. The SMILES string of the molecule is O=c1[nH]c2cnc(Cl)nc2n1C1CC2CCC(C1)O2. The van der Waals surface area contributed by atoms with E-state index < -0.39 is 0 Å². The van der Waals surface area contributed by atoms with Crippen LogP contribution in [0, 0.1) is 0 Å². The van der Waals surface area contributed by atoms with Crippen molar-refractivity contribution in [1.29, 1.82) is 0 Å². The van der Waals surface area contributed by atoms with E-state index in [9.17, 15) is 4.79 Å². The van der Waals surface area contributed by atoms with E-state index in [0.717, 1.165) is 25.7 Å². The summed E-state index contributed by atoms with van der Waals surface area (Å²) in [5.74, 6) is 0. The number of H-pyrrole nitrogens is 1. The van der Waals surface area contributed by atoms with E-state index in [-0.39, 0.29) is 29.2 Å². The Morgan fingerprint density at radius 3 is 2.84 bits per heavy atom. The molecule has 2 fully saturated rings. The molecule has 2 bridgehead atoms. The number of nitrogens with one attached hydrogen (secondary N) is 1. The van der Waals surface area contributed by atoms with Crippen LogP contribution in [0.1, 0.15) is 31.7 Å². The van der Waals surface area contributed by atoms with Gasteiger partial charge in [-0.15, -0.1) is 0 Å². The third kappa shape index (κ3) is 1.78. The van der Waals surface area contributed by atoms with E-state index in [1.54, 1.807) is 10.8 Å². The summed E-state index contributed by atoms with van der Waals surface area (Å²) in [6.07, 6.45) is 6.02. The van der Waals surface area contributed by atoms with Crippen molar-refractivity contribution in [3.63, 3.8) is 0 Å². The second kappa shape index (κ2) is 4.05. The molecule has 1 N–H and O–H groups in total. The normalized spacial score (nSPS) is 30.1.